The maximum atomic E-state index is 10.1. The highest BCUT2D eigenvalue weighted by molar-refractivity contribution is 5.47. The Morgan fingerprint density at radius 2 is 1.82 bits per heavy atom. The summed E-state index contributed by atoms with van der Waals surface area (Å²) in [7, 11) is 0. The molecule has 2 nitrogen and oxygen atoms in total. The Kier molecular flexibility index (Phi) is 2.74. The van der Waals surface area contributed by atoms with Crippen LogP contribution in [0.25, 0.3) is 0 Å². The van der Waals surface area contributed by atoms with E-state index >= 15 is 0 Å². The highest BCUT2D eigenvalue weighted by Gasteiger charge is 2.36. The molecule has 0 atom stereocenters. The second kappa shape index (κ2) is 3.74. The van der Waals surface area contributed by atoms with Crippen molar-refractivity contribution in [1.29, 1.82) is 0 Å². The van der Waals surface area contributed by atoms with Gasteiger partial charge in [-0.2, -0.15) is 0 Å². The van der Waals surface area contributed by atoms with Crippen LogP contribution in [0.4, 0.5) is 0 Å². The fourth-order valence-corrected chi connectivity index (χ4v) is 2.66. The number of hydrogen-bond acceptors (Lipinski definition) is 2. The van der Waals surface area contributed by atoms with Gasteiger partial charge in [-0.05, 0) is 60.4 Å². The highest BCUT2D eigenvalue weighted by atomic mass is 16.3. The third-order valence-corrected chi connectivity index (χ3v) is 3.93. The molecule has 0 unspecified atom stereocenters. The molecule has 0 saturated heterocycles. The molecule has 1 fully saturated rings. The van der Waals surface area contributed by atoms with E-state index in [1.54, 1.807) is 0 Å². The van der Waals surface area contributed by atoms with E-state index in [9.17, 15) is 5.11 Å². The fourth-order valence-electron chi connectivity index (χ4n) is 2.66. The summed E-state index contributed by atoms with van der Waals surface area (Å²) in [6.07, 6.45) is 3.33. The van der Waals surface area contributed by atoms with Gasteiger partial charge in [0.1, 0.15) is 5.75 Å². The summed E-state index contributed by atoms with van der Waals surface area (Å²) < 4.78 is 0. The van der Waals surface area contributed by atoms with Crippen molar-refractivity contribution < 1.29 is 5.11 Å². The lowest BCUT2D eigenvalue weighted by molar-refractivity contribution is 0.251. The molecule has 0 spiro atoms. The zero-order valence-corrected chi connectivity index (χ0v) is 11.3. The van der Waals surface area contributed by atoms with Crippen LogP contribution in [0.15, 0.2) is 12.1 Å². The van der Waals surface area contributed by atoms with E-state index in [1.165, 1.54) is 12.0 Å². The third kappa shape index (κ3) is 2.06. The summed E-state index contributed by atoms with van der Waals surface area (Å²) in [5.74, 6) is 0.390. The number of phenols is 1. The van der Waals surface area contributed by atoms with Crippen LogP contribution in [0.1, 0.15) is 56.7 Å². The predicted octanol–water partition coefficient (Wildman–Crippen LogP) is 3.34. The van der Waals surface area contributed by atoms with Gasteiger partial charge in [0.05, 0.1) is 0 Å². The van der Waals surface area contributed by atoms with Crippen molar-refractivity contribution >= 4 is 0 Å². The number of benzene rings is 1. The molecule has 0 radical (unpaired) electrons. The molecule has 0 aromatic heterocycles. The smallest absolute Gasteiger partial charge is 0.119 e. The molecule has 17 heavy (non-hydrogen) atoms. The van der Waals surface area contributed by atoms with Crippen LogP contribution in [-0.2, 0) is 11.0 Å². The minimum absolute atomic E-state index is 0.0490. The molecule has 94 valence electrons. The van der Waals surface area contributed by atoms with Crippen molar-refractivity contribution in [1.82, 2.24) is 0 Å². The minimum atomic E-state index is -0.155. The molecule has 1 saturated carbocycles. The molecule has 1 aliphatic carbocycles. The van der Waals surface area contributed by atoms with Gasteiger partial charge in [-0.15, -0.1) is 0 Å². The van der Waals surface area contributed by atoms with E-state index in [-0.39, 0.29) is 11.0 Å². The summed E-state index contributed by atoms with van der Waals surface area (Å²) in [6, 6.07) is 3.98. The van der Waals surface area contributed by atoms with Crippen LogP contribution in [-0.4, -0.2) is 5.11 Å². The lowest BCUT2D eigenvalue weighted by atomic mass is 9.70. The summed E-state index contributed by atoms with van der Waals surface area (Å²) >= 11 is 0. The molecule has 1 aromatic rings. The first kappa shape index (κ1) is 12.4. The van der Waals surface area contributed by atoms with Crippen LogP contribution >= 0.6 is 0 Å². The van der Waals surface area contributed by atoms with Gasteiger partial charge in [0, 0.05) is 5.54 Å². The van der Waals surface area contributed by atoms with E-state index in [1.807, 2.05) is 13.0 Å². The van der Waals surface area contributed by atoms with Gasteiger partial charge in [-0.1, -0.05) is 20.8 Å². The normalized spacial score (nSPS) is 18.9. The van der Waals surface area contributed by atoms with Gasteiger partial charge in [0.2, 0.25) is 0 Å². The van der Waals surface area contributed by atoms with Gasteiger partial charge in [0.25, 0.3) is 0 Å². The molecule has 2 rings (SSSR count). The topological polar surface area (TPSA) is 46.2 Å². The molecule has 0 amide bonds. The second-order valence-corrected chi connectivity index (χ2v) is 6.44. The Morgan fingerprint density at radius 3 is 2.24 bits per heavy atom. The first-order chi connectivity index (χ1) is 7.74. The molecule has 0 aliphatic heterocycles. The van der Waals surface area contributed by atoms with E-state index in [4.69, 9.17) is 5.73 Å². The average Bonchev–Trinajstić information content (AvgIpc) is 2.12. The molecule has 1 aliphatic rings. The third-order valence-electron chi connectivity index (χ3n) is 3.93. The van der Waals surface area contributed by atoms with Crippen molar-refractivity contribution in [3.8, 4) is 5.75 Å². The zero-order valence-electron chi connectivity index (χ0n) is 11.3. The van der Waals surface area contributed by atoms with Crippen LogP contribution in [0.3, 0.4) is 0 Å². The number of nitrogens with two attached hydrogens (primary N) is 1. The first-order valence-electron chi connectivity index (χ1n) is 6.37. The number of rotatable bonds is 1. The number of aryl methyl sites for hydroxylation is 1. The SMILES string of the molecule is Cc1cc(O)c(C(C)(C)C)cc1C1(N)CCC1. The lowest BCUT2D eigenvalue weighted by Gasteiger charge is -2.40. The van der Waals surface area contributed by atoms with Crippen LogP contribution in [0.5, 0.6) is 5.75 Å². The van der Waals surface area contributed by atoms with Crippen molar-refractivity contribution in [2.24, 2.45) is 5.73 Å². The van der Waals surface area contributed by atoms with Gasteiger partial charge < -0.3 is 10.8 Å². The maximum absolute atomic E-state index is 10.1. The number of phenolic OH excluding ortho intramolecular Hbond substituents is 1. The quantitative estimate of drug-likeness (QED) is 0.781. The van der Waals surface area contributed by atoms with Crippen molar-refractivity contribution in [3.63, 3.8) is 0 Å². The first-order valence-corrected chi connectivity index (χ1v) is 6.37. The summed E-state index contributed by atoms with van der Waals surface area (Å²) in [5, 5.41) is 10.1. The largest absolute Gasteiger partial charge is 0.508 e. The molecule has 0 bridgehead atoms. The summed E-state index contributed by atoms with van der Waals surface area (Å²) in [4.78, 5) is 0. The monoisotopic (exact) mass is 233 g/mol. The molecular formula is C15H23NO. The van der Waals surface area contributed by atoms with Gasteiger partial charge in [0.15, 0.2) is 0 Å². The van der Waals surface area contributed by atoms with Crippen LogP contribution in [0, 0.1) is 6.92 Å². The zero-order chi connectivity index (χ0) is 12.8. The van der Waals surface area contributed by atoms with E-state index < -0.39 is 0 Å². The number of hydrogen-bond donors (Lipinski definition) is 2. The predicted molar refractivity (Wildman–Crippen MR) is 71.3 cm³/mol. The number of aromatic hydroxyl groups is 1. The van der Waals surface area contributed by atoms with Crippen molar-refractivity contribution in [2.75, 3.05) is 0 Å². The minimum Gasteiger partial charge on any atom is -0.508 e. The molecule has 0 heterocycles. The van der Waals surface area contributed by atoms with Crippen molar-refractivity contribution in [3.05, 3.63) is 28.8 Å². The fraction of sp³-hybridized carbons (Fsp3) is 0.600. The standard InChI is InChI=1S/C15H23NO/c1-10-8-13(17)12(14(2,3)4)9-11(10)15(16)6-5-7-15/h8-9,17H,5-7,16H2,1-4H3. The summed E-state index contributed by atoms with van der Waals surface area (Å²) in [6.45, 7) is 8.38. The maximum Gasteiger partial charge on any atom is 0.119 e. The Balaban J connectivity index is 2.54. The van der Waals surface area contributed by atoms with E-state index in [2.05, 4.69) is 26.8 Å². The summed E-state index contributed by atoms with van der Waals surface area (Å²) in [5.41, 5.74) is 9.52. The van der Waals surface area contributed by atoms with Gasteiger partial charge >= 0.3 is 0 Å². The van der Waals surface area contributed by atoms with Gasteiger partial charge in [-0.25, -0.2) is 0 Å². The Labute approximate surface area is 104 Å². The Hall–Kier alpha value is -1.02. The van der Waals surface area contributed by atoms with E-state index in [0.29, 0.717) is 5.75 Å². The molecule has 1 aromatic carbocycles. The van der Waals surface area contributed by atoms with Crippen LogP contribution < -0.4 is 5.73 Å². The highest BCUT2D eigenvalue weighted by Crippen LogP contribution is 2.43. The Bertz CT molecular complexity index is 439. The molecule has 3 N–H and O–H groups in total. The van der Waals surface area contributed by atoms with E-state index in [0.717, 1.165) is 24.0 Å². The molecular weight excluding hydrogens is 210 g/mol. The van der Waals surface area contributed by atoms with Gasteiger partial charge in [-0.3, -0.25) is 0 Å². The van der Waals surface area contributed by atoms with Crippen LogP contribution in [0.2, 0.25) is 0 Å². The second-order valence-electron chi connectivity index (χ2n) is 6.44. The molecule has 2 heteroatoms. The Morgan fingerprint density at radius 1 is 1.24 bits per heavy atom. The lowest BCUT2D eigenvalue weighted by Crippen LogP contribution is -2.44. The average molecular weight is 233 g/mol. The van der Waals surface area contributed by atoms with Crippen molar-refractivity contribution in [2.45, 2.75) is 57.9 Å².